The molecule has 7 heteroatoms. The van der Waals surface area contributed by atoms with Crippen molar-refractivity contribution in [3.63, 3.8) is 0 Å². The topological polar surface area (TPSA) is 43.3 Å². The minimum Gasteiger partial charge on any atom is -0.379 e. The summed E-state index contributed by atoms with van der Waals surface area (Å²) >= 11 is 0. The van der Waals surface area contributed by atoms with Crippen LogP contribution in [0, 0.1) is 5.92 Å². The third kappa shape index (κ3) is 7.04. The summed E-state index contributed by atoms with van der Waals surface area (Å²) in [6.07, 6.45) is 3.93. The first-order valence-electron chi connectivity index (χ1n) is 11.8. The molecule has 4 rings (SSSR count). The van der Waals surface area contributed by atoms with Gasteiger partial charge < -0.3 is 15.0 Å². The van der Waals surface area contributed by atoms with Gasteiger partial charge >= 0.3 is 0 Å². The van der Waals surface area contributed by atoms with E-state index in [0.29, 0.717) is 6.04 Å². The van der Waals surface area contributed by atoms with Crippen molar-refractivity contribution in [2.75, 3.05) is 59.5 Å². The average Bonchev–Trinajstić information content (AvgIpc) is 3.26. The largest absolute Gasteiger partial charge is 0.379 e. The smallest absolute Gasteiger partial charge is 0.193 e. The average molecular weight is 542 g/mol. The number of halogens is 1. The van der Waals surface area contributed by atoms with Gasteiger partial charge in [-0.25, -0.2) is 0 Å². The molecule has 1 aromatic carbocycles. The molecule has 0 saturated carbocycles. The molecule has 2 atom stereocenters. The van der Waals surface area contributed by atoms with E-state index in [9.17, 15) is 0 Å². The Balaban J connectivity index is 0.00000272. The van der Waals surface area contributed by atoms with Crippen molar-refractivity contribution in [2.24, 2.45) is 10.9 Å². The van der Waals surface area contributed by atoms with Gasteiger partial charge in [-0.1, -0.05) is 31.2 Å². The van der Waals surface area contributed by atoms with Gasteiger partial charge in [-0.05, 0) is 42.9 Å². The third-order valence-corrected chi connectivity index (χ3v) is 6.86. The number of nitrogens with zero attached hydrogens (tertiary/aromatic N) is 4. The third-order valence-electron chi connectivity index (χ3n) is 6.86. The van der Waals surface area contributed by atoms with Gasteiger partial charge in [0.1, 0.15) is 0 Å². The minimum absolute atomic E-state index is 0. The molecule has 3 aliphatic heterocycles. The van der Waals surface area contributed by atoms with Crippen molar-refractivity contribution < 1.29 is 4.74 Å². The lowest BCUT2D eigenvalue weighted by molar-refractivity contribution is 0.0195. The molecule has 3 aliphatic rings. The van der Waals surface area contributed by atoms with Crippen LogP contribution < -0.4 is 5.32 Å². The highest BCUT2D eigenvalue weighted by molar-refractivity contribution is 14.0. The molecule has 0 bridgehead atoms. The predicted octanol–water partition coefficient (Wildman–Crippen LogP) is 3.02. The lowest BCUT2D eigenvalue weighted by atomic mass is 9.99. The van der Waals surface area contributed by atoms with Gasteiger partial charge in [0.05, 0.1) is 13.2 Å². The van der Waals surface area contributed by atoms with Crippen molar-refractivity contribution in [3.05, 3.63) is 35.4 Å². The van der Waals surface area contributed by atoms with E-state index in [-0.39, 0.29) is 24.0 Å². The summed E-state index contributed by atoms with van der Waals surface area (Å²) in [7, 11) is 1.90. The summed E-state index contributed by atoms with van der Waals surface area (Å²) in [6, 6.07) is 9.75. The van der Waals surface area contributed by atoms with Crippen molar-refractivity contribution in [1.29, 1.82) is 0 Å². The van der Waals surface area contributed by atoms with E-state index >= 15 is 0 Å². The zero-order chi connectivity index (χ0) is 20.8. The molecule has 1 aromatic rings. The van der Waals surface area contributed by atoms with Gasteiger partial charge in [0, 0.05) is 58.9 Å². The van der Waals surface area contributed by atoms with Gasteiger partial charge in [0.15, 0.2) is 5.96 Å². The maximum absolute atomic E-state index is 5.50. The van der Waals surface area contributed by atoms with E-state index in [4.69, 9.17) is 4.74 Å². The Morgan fingerprint density at radius 1 is 1.03 bits per heavy atom. The first-order valence-corrected chi connectivity index (χ1v) is 11.8. The second-order valence-electron chi connectivity index (χ2n) is 9.24. The molecule has 2 unspecified atom stereocenters. The predicted molar refractivity (Wildman–Crippen MR) is 138 cm³/mol. The van der Waals surface area contributed by atoms with Crippen LogP contribution in [0.5, 0.6) is 0 Å². The summed E-state index contributed by atoms with van der Waals surface area (Å²) in [5, 5.41) is 3.58. The zero-order valence-corrected chi connectivity index (χ0v) is 21.6. The van der Waals surface area contributed by atoms with Crippen molar-refractivity contribution in [3.8, 4) is 0 Å². The molecule has 0 aliphatic carbocycles. The van der Waals surface area contributed by atoms with E-state index in [0.717, 1.165) is 64.4 Å². The number of rotatable bonds is 5. The van der Waals surface area contributed by atoms with E-state index < -0.39 is 0 Å². The van der Waals surface area contributed by atoms with Crippen LogP contribution in [0.1, 0.15) is 37.3 Å². The van der Waals surface area contributed by atoms with Crippen LogP contribution in [-0.4, -0.2) is 86.2 Å². The Bertz CT molecular complexity index is 692. The van der Waals surface area contributed by atoms with Gasteiger partial charge in [-0.3, -0.25) is 14.8 Å². The van der Waals surface area contributed by atoms with Gasteiger partial charge in [0.2, 0.25) is 0 Å². The summed E-state index contributed by atoms with van der Waals surface area (Å²) in [5.41, 5.74) is 2.74. The van der Waals surface area contributed by atoms with Gasteiger partial charge in [0.25, 0.3) is 0 Å². The number of hydrogen-bond acceptors (Lipinski definition) is 4. The van der Waals surface area contributed by atoms with Crippen molar-refractivity contribution in [1.82, 2.24) is 20.0 Å². The number of morpholine rings is 1. The Morgan fingerprint density at radius 3 is 2.48 bits per heavy atom. The quantitative estimate of drug-likeness (QED) is 0.353. The van der Waals surface area contributed by atoms with Crippen LogP contribution in [0.25, 0.3) is 0 Å². The summed E-state index contributed by atoms with van der Waals surface area (Å²) in [4.78, 5) is 12.1. The number of hydrogen-bond donors (Lipinski definition) is 1. The molecule has 3 fully saturated rings. The molecule has 0 amide bonds. The maximum atomic E-state index is 5.50. The van der Waals surface area contributed by atoms with Crippen LogP contribution in [-0.2, 0) is 17.8 Å². The molecule has 174 valence electrons. The number of benzene rings is 1. The SMILES string of the molecule is CN=C(NCc1ccc(CN2CCCC(C)C2)cc1)N1CCC(N2CCOCC2)C1.I. The fraction of sp³-hybridized carbons (Fsp3) is 0.708. The molecule has 0 radical (unpaired) electrons. The summed E-state index contributed by atoms with van der Waals surface area (Å²) in [6.45, 7) is 12.8. The molecular weight excluding hydrogens is 501 g/mol. The molecule has 3 saturated heterocycles. The fourth-order valence-corrected chi connectivity index (χ4v) is 5.14. The zero-order valence-electron chi connectivity index (χ0n) is 19.3. The normalized spacial score (nSPS) is 26.0. The molecule has 31 heavy (non-hydrogen) atoms. The number of aliphatic imine (C=N–C) groups is 1. The van der Waals surface area contributed by atoms with Crippen LogP contribution in [0.3, 0.4) is 0 Å². The highest BCUT2D eigenvalue weighted by atomic mass is 127. The fourth-order valence-electron chi connectivity index (χ4n) is 5.14. The monoisotopic (exact) mass is 541 g/mol. The second kappa shape index (κ2) is 12.4. The van der Waals surface area contributed by atoms with Crippen molar-refractivity contribution >= 4 is 29.9 Å². The molecule has 0 spiro atoms. The summed E-state index contributed by atoms with van der Waals surface area (Å²) in [5.74, 6) is 1.86. The van der Waals surface area contributed by atoms with E-state index in [1.54, 1.807) is 0 Å². The molecular formula is C24H40IN5O. The molecule has 3 heterocycles. The Morgan fingerprint density at radius 2 is 1.77 bits per heavy atom. The Hall–Kier alpha value is -0.900. The molecule has 1 N–H and O–H groups in total. The number of guanidine groups is 1. The second-order valence-corrected chi connectivity index (χ2v) is 9.24. The minimum atomic E-state index is 0. The summed E-state index contributed by atoms with van der Waals surface area (Å²) < 4.78 is 5.50. The highest BCUT2D eigenvalue weighted by Crippen LogP contribution is 2.19. The first kappa shape index (κ1) is 24.7. The van der Waals surface area contributed by atoms with Gasteiger partial charge in [-0.2, -0.15) is 0 Å². The lowest BCUT2D eigenvalue weighted by Crippen LogP contribution is -2.46. The van der Waals surface area contributed by atoms with E-state index in [1.807, 2.05) is 7.05 Å². The number of piperidine rings is 1. The Kier molecular flexibility index (Phi) is 9.87. The van der Waals surface area contributed by atoms with Crippen LogP contribution >= 0.6 is 24.0 Å². The Labute approximate surface area is 205 Å². The van der Waals surface area contributed by atoms with E-state index in [2.05, 4.69) is 56.2 Å². The van der Waals surface area contributed by atoms with E-state index in [1.165, 1.54) is 43.5 Å². The van der Waals surface area contributed by atoms with Crippen LogP contribution in [0.15, 0.2) is 29.3 Å². The number of ether oxygens (including phenoxy) is 1. The standard InChI is InChI=1S/C24H39N5O.HI/c1-20-4-3-10-27(17-20)18-22-7-5-21(6-8-22)16-26-24(25-2)29-11-9-23(19-29)28-12-14-30-15-13-28;/h5-8,20,23H,3-4,9-19H2,1-2H3,(H,25,26);1H. The van der Waals surface area contributed by atoms with Crippen LogP contribution in [0.2, 0.25) is 0 Å². The van der Waals surface area contributed by atoms with Crippen molar-refractivity contribution in [2.45, 2.75) is 45.3 Å². The highest BCUT2D eigenvalue weighted by Gasteiger charge is 2.30. The number of likely N-dealkylation sites (tertiary alicyclic amines) is 2. The number of nitrogens with one attached hydrogen (secondary N) is 1. The molecule has 6 nitrogen and oxygen atoms in total. The van der Waals surface area contributed by atoms with Crippen LogP contribution in [0.4, 0.5) is 0 Å². The van der Waals surface area contributed by atoms with Gasteiger partial charge in [-0.15, -0.1) is 24.0 Å². The lowest BCUT2D eigenvalue weighted by Gasteiger charge is -2.32. The maximum Gasteiger partial charge on any atom is 0.193 e. The first-order chi connectivity index (χ1) is 14.7. The molecule has 0 aromatic heterocycles.